The number of hydrogen-bond acceptors (Lipinski definition) is 4. The highest BCUT2D eigenvalue weighted by molar-refractivity contribution is 5.73. The molecule has 0 spiro atoms. The molecule has 30 heavy (non-hydrogen) atoms. The van der Waals surface area contributed by atoms with E-state index in [-0.39, 0.29) is 17.5 Å². The highest BCUT2D eigenvalue weighted by atomic mass is 19.1. The van der Waals surface area contributed by atoms with Crippen molar-refractivity contribution < 1.29 is 33.0 Å². The summed E-state index contributed by atoms with van der Waals surface area (Å²) in [5.74, 6) is -2.29. The van der Waals surface area contributed by atoms with E-state index < -0.39 is 36.1 Å². The molecule has 160 valence electrons. The predicted octanol–water partition coefficient (Wildman–Crippen LogP) is 3.92. The van der Waals surface area contributed by atoms with Crippen LogP contribution in [0.15, 0.2) is 42.5 Å². The Morgan fingerprint density at radius 1 is 1.13 bits per heavy atom. The molecule has 0 aromatic heterocycles. The maximum atomic E-state index is 13.8. The van der Waals surface area contributed by atoms with Crippen LogP contribution < -0.4 is 10.1 Å². The monoisotopic (exact) mass is 419 g/mol. The van der Waals surface area contributed by atoms with Crippen LogP contribution in [0.1, 0.15) is 50.0 Å². The van der Waals surface area contributed by atoms with E-state index in [9.17, 15) is 18.4 Å². The largest absolute Gasteiger partial charge is 0.481 e. The number of aliphatic carboxylic acids is 1. The first-order valence-electron chi connectivity index (χ1n) is 9.49. The summed E-state index contributed by atoms with van der Waals surface area (Å²) in [6.07, 6.45) is -0.283. The van der Waals surface area contributed by atoms with Crippen LogP contribution in [0.25, 0.3) is 0 Å². The highest BCUT2D eigenvalue weighted by Crippen LogP contribution is 2.45. The first kappa shape index (κ1) is 21.7. The lowest BCUT2D eigenvalue weighted by molar-refractivity contribution is -0.139. The van der Waals surface area contributed by atoms with E-state index in [4.69, 9.17) is 14.6 Å². The smallest absolute Gasteiger partial charge is 0.341 e. The molecule has 0 aliphatic carbocycles. The molecule has 3 atom stereocenters. The number of carboxylic acids is 1. The molecule has 1 heterocycles. The Bertz CT molecular complexity index is 934. The predicted molar refractivity (Wildman–Crippen MR) is 104 cm³/mol. The molecule has 2 aromatic rings. The molecule has 2 aromatic carbocycles. The number of ether oxygens (including phenoxy) is 2. The molecule has 1 aliphatic rings. The number of carbonyl (C=O) groups excluding carboxylic acids is 1. The van der Waals surface area contributed by atoms with Gasteiger partial charge >= 0.3 is 5.97 Å². The van der Waals surface area contributed by atoms with Crippen molar-refractivity contribution in [3.63, 3.8) is 0 Å². The van der Waals surface area contributed by atoms with Crippen LogP contribution >= 0.6 is 0 Å². The first-order chi connectivity index (χ1) is 14.1. The van der Waals surface area contributed by atoms with Crippen molar-refractivity contribution in [1.82, 2.24) is 5.32 Å². The zero-order valence-corrected chi connectivity index (χ0v) is 16.7. The summed E-state index contributed by atoms with van der Waals surface area (Å²) in [6.45, 7) is 2.66. The molecule has 1 amide bonds. The van der Waals surface area contributed by atoms with E-state index in [0.29, 0.717) is 18.4 Å². The van der Waals surface area contributed by atoms with Crippen LogP contribution in [0.2, 0.25) is 0 Å². The molecule has 6 nitrogen and oxygen atoms in total. The normalized spacial score (nSPS) is 23.6. The van der Waals surface area contributed by atoms with Crippen molar-refractivity contribution in [2.45, 2.75) is 44.4 Å². The quantitative estimate of drug-likeness (QED) is 0.742. The van der Waals surface area contributed by atoms with E-state index in [2.05, 4.69) is 5.32 Å². The van der Waals surface area contributed by atoms with Gasteiger partial charge in [-0.2, -0.15) is 0 Å². The Morgan fingerprint density at radius 3 is 2.40 bits per heavy atom. The summed E-state index contributed by atoms with van der Waals surface area (Å²) in [6, 6.07) is 9.72. The van der Waals surface area contributed by atoms with Crippen LogP contribution in [-0.2, 0) is 14.3 Å². The molecule has 0 bridgehead atoms. The average molecular weight is 419 g/mol. The molecule has 1 aliphatic heterocycles. The molecule has 0 radical (unpaired) electrons. The van der Waals surface area contributed by atoms with Gasteiger partial charge in [0.15, 0.2) is 6.61 Å². The SMILES string of the molecule is CC(=O)N[C@]1(C)C[C@@H](c2ccc(F)cc2)O[C@@H](c2ccc(F)cc2OCC(=O)O)C1. The van der Waals surface area contributed by atoms with E-state index in [1.54, 1.807) is 12.1 Å². The lowest BCUT2D eigenvalue weighted by Gasteiger charge is -2.43. The minimum Gasteiger partial charge on any atom is -0.481 e. The Kier molecular flexibility index (Phi) is 6.36. The van der Waals surface area contributed by atoms with E-state index in [0.717, 1.165) is 11.6 Å². The third-order valence-corrected chi connectivity index (χ3v) is 4.99. The van der Waals surface area contributed by atoms with Crippen LogP contribution in [0.4, 0.5) is 8.78 Å². The average Bonchev–Trinajstić information content (AvgIpc) is 2.65. The molecule has 8 heteroatoms. The summed E-state index contributed by atoms with van der Waals surface area (Å²) in [4.78, 5) is 22.7. The molecule has 0 saturated carbocycles. The molecular weight excluding hydrogens is 396 g/mol. The number of rotatable bonds is 6. The number of hydrogen-bond donors (Lipinski definition) is 2. The molecule has 2 N–H and O–H groups in total. The molecule has 3 rings (SSSR count). The number of benzene rings is 2. The molecule has 1 fully saturated rings. The second-order valence-electron chi connectivity index (χ2n) is 7.68. The van der Waals surface area contributed by atoms with Gasteiger partial charge in [0.05, 0.1) is 12.2 Å². The summed E-state index contributed by atoms with van der Waals surface area (Å²) >= 11 is 0. The molecule has 1 saturated heterocycles. The van der Waals surface area contributed by atoms with Crippen molar-refractivity contribution in [2.75, 3.05) is 6.61 Å². The summed E-state index contributed by atoms with van der Waals surface area (Å²) in [5, 5.41) is 11.9. The van der Waals surface area contributed by atoms with Crippen LogP contribution in [0.5, 0.6) is 5.75 Å². The Balaban J connectivity index is 1.97. The number of halogens is 2. The van der Waals surface area contributed by atoms with Crippen molar-refractivity contribution in [3.05, 3.63) is 65.2 Å². The van der Waals surface area contributed by atoms with E-state index in [1.165, 1.54) is 31.2 Å². The van der Waals surface area contributed by atoms with E-state index in [1.807, 2.05) is 6.92 Å². The highest BCUT2D eigenvalue weighted by Gasteiger charge is 2.40. The maximum Gasteiger partial charge on any atom is 0.341 e. The number of carboxylic acid groups (broad SMARTS) is 1. The minimum atomic E-state index is -1.19. The topological polar surface area (TPSA) is 84.9 Å². The summed E-state index contributed by atoms with van der Waals surface area (Å²) in [7, 11) is 0. The van der Waals surface area contributed by atoms with Gasteiger partial charge in [0.1, 0.15) is 17.4 Å². The minimum absolute atomic E-state index is 0.0623. The Labute approximate surface area is 172 Å². The van der Waals surface area contributed by atoms with Gasteiger partial charge in [0.2, 0.25) is 5.91 Å². The number of amides is 1. The first-order valence-corrected chi connectivity index (χ1v) is 9.49. The molecular formula is C22H23F2NO5. The van der Waals surface area contributed by atoms with Crippen molar-refractivity contribution >= 4 is 11.9 Å². The van der Waals surface area contributed by atoms with Crippen LogP contribution in [0, 0.1) is 11.6 Å². The number of carbonyl (C=O) groups is 2. The van der Waals surface area contributed by atoms with Gasteiger partial charge in [0.25, 0.3) is 0 Å². The lowest BCUT2D eigenvalue weighted by Crippen LogP contribution is -2.50. The Hall–Kier alpha value is -3.00. The lowest BCUT2D eigenvalue weighted by atomic mass is 9.81. The van der Waals surface area contributed by atoms with Crippen LogP contribution in [0.3, 0.4) is 0 Å². The van der Waals surface area contributed by atoms with E-state index >= 15 is 0 Å². The van der Waals surface area contributed by atoms with Gasteiger partial charge in [-0.05, 0) is 36.8 Å². The third kappa shape index (κ3) is 5.33. The Morgan fingerprint density at radius 2 is 1.77 bits per heavy atom. The standard InChI is InChI=1S/C22H23F2NO5/c1-13(26)25-22(2)10-19(14-3-5-15(23)6-4-14)30-20(11-22)17-8-7-16(24)9-18(17)29-12-21(27)28/h3-9,19-20H,10-12H2,1-2H3,(H,25,26)(H,27,28)/t19-,20+,22+/m0/s1. The zero-order chi connectivity index (χ0) is 21.9. The fourth-order valence-electron chi connectivity index (χ4n) is 3.82. The van der Waals surface area contributed by atoms with Gasteiger partial charge in [0, 0.05) is 36.9 Å². The summed E-state index contributed by atoms with van der Waals surface area (Å²) in [5.41, 5.74) is 0.542. The van der Waals surface area contributed by atoms with Gasteiger partial charge in [-0.3, -0.25) is 4.79 Å². The van der Waals surface area contributed by atoms with Gasteiger partial charge in [-0.15, -0.1) is 0 Å². The maximum absolute atomic E-state index is 13.8. The number of nitrogens with one attached hydrogen (secondary N) is 1. The summed E-state index contributed by atoms with van der Waals surface area (Å²) < 4.78 is 38.7. The van der Waals surface area contributed by atoms with Gasteiger partial charge in [-0.1, -0.05) is 12.1 Å². The fraction of sp³-hybridized carbons (Fsp3) is 0.364. The van der Waals surface area contributed by atoms with Crippen molar-refractivity contribution in [1.29, 1.82) is 0 Å². The zero-order valence-electron chi connectivity index (χ0n) is 16.7. The van der Waals surface area contributed by atoms with Crippen molar-refractivity contribution in [2.24, 2.45) is 0 Å². The van der Waals surface area contributed by atoms with Crippen LogP contribution in [-0.4, -0.2) is 29.1 Å². The van der Waals surface area contributed by atoms with Gasteiger partial charge < -0.3 is 19.9 Å². The van der Waals surface area contributed by atoms with Crippen molar-refractivity contribution in [3.8, 4) is 5.75 Å². The molecule has 0 unspecified atom stereocenters. The third-order valence-electron chi connectivity index (χ3n) is 4.99. The van der Waals surface area contributed by atoms with Gasteiger partial charge in [-0.25, -0.2) is 13.6 Å². The second kappa shape index (κ2) is 8.79. The fourth-order valence-corrected chi connectivity index (χ4v) is 3.82. The second-order valence-corrected chi connectivity index (χ2v) is 7.68.